The Hall–Kier alpha value is -0.160. The zero-order valence-corrected chi connectivity index (χ0v) is 13.3. The van der Waals surface area contributed by atoms with Crippen molar-refractivity contribution in [3.05, 3.63) is 54.6 Å². The molecule has 1 unspecified atom stereocenters. The van der Waals surface area contributed by atoms with Crippen LogP contribution in [0.2, 0.25) is 0 Å². The highest BCUT2D eigenvalue weighted by molar-refractivity contribution is 9.10. The minimum absolute atomic E-state index is 0.441. The summed E-state index contributed by atoms with van der Waals surface area (Å²) in [5.74, 6) is 0. The maximum atomic E-state index is 10.2. The number of aryl methyl sites for hydroxylation is 1. The number of benzene rings is 1. The molecule has 90 valence electrons. The third-order valence-electron chi connectivity index (χ3n) is 2.48. The van der Waals surface area contributed by atoms with Crippen LogP contribution in [0.4, 0.5) is 0 Å². The second kappa shape index (κ2) is 5.65. The van der Waals surface area contributed by atoms with E-state index in [1.165, 1.54) is 4.88 Å². The van der Waals surface area contributed by atoms with Crippen molar-refractivity contribution >= 4 is 43.2 Å². The summed E-state index contributed by atoms with van der Waals surface area (Å²) in [6.45, 7) is 2.05. The largest absolute Gasteiger partial charge is 0.387 e. The van der Waals surface area contributed by atoms with E-state index >= 15 is 0 Å². The van der Waals surface area contributed by atoms with Crippen LogP contribution in [0, 0.1) is 6.92 Å². The first-order valence-corrected chi connectivity index (χ1v) is 7.65. The fraction of sp³-hybridized carbons (Fsp3) is 0.231. The number of thiophene rings is 1. The van der Waals surface area contributed by atoms with E-state index in [1.54, 1.807) is 11.3 Å². The molecule has 2 aromatic rings. The minimum atomic E-state index is -0.441. The van der Waals surface area contributed by atoms with E-state index in [0.29, 0.717) is 6.42 Å². The Bertz CT molecular complexity index is 505. The Balaban J connectivity index is 2.14. The lowest BCUT2D eigenvalue weighted by Crippen LogP contribution is -2.00. The summed E-state index contributed by atoms with van der Waals surface area (Å²) in [6, 6.07) is 10.1. The van der Waals surface area contributed by atoms with Gasteiger partial charge in [-0.25, -0.2) is 0 Å². The molecule has 0 radical (unpaired) electrons. The van der Waals surface area contributed by atoms with Crippen LogP contribution in [0.5, 0.6) is 0 Å². The van der Waals surface area contributed by atoms with Crippen molar-refractivity contribution in [3.8, 4) is 0 Å². The van der Waals surface area contributed by atoms with E-state index in [4.69, 9.17) is 0 Å². The lowest BCUT2D eigenvalue weighted by atomic mass is 10.1. The molecule has 1 N–H and O–H groups in total. The second-order valence-corrected chi connectivity index (χ2v) is 6.97. The zero-order chi connectivity index (χ0) is 12.4. The van der Waals surface area contributed by atoms with Crippen molar-refractivity contribution in [1.29, 1.82) is 0 Å². The standard InChI is InChI=1S/C13H12Br2OS/c1-8-6-11(15)13(17-8)12(16)7-9-2-4-10(14)5-3-9/h2-6,12,16H,7H2,1H3. The monoisotopic (exact) mass is 374 g/mol. The summed E-state index contributed by atoms with van der Waals surface area (Å²) in [7, 11) is 0. The molecule has 17 heavy (non-hydrogen) atoms. The normalized spacial score (nSPS) is 12.7. The molecule has 0 spiro atoms. The van der Waals surface area contributed by atoms with Crippen LogP contribution >= 0.6 is 43.2 Å². The first-order valence-electron chi connectivity index (χ1n) is 5.24. The van der Waals surface area contributed by atoms with Crippen molar-refractivity contribution < 1.29 is 5.11 Å². The van der Waals surface area contributed by atoms with Gasteiger partial charge in [0.15, 0.2) is 0 Å². The number of aliphatic hydroxyl groups is 1. The number of aliphatic hydroxyl groups excluding tert-OH is 1. The van der Waals surface area contributed by atoms with Gasteiger partial charge in [-0.1, -0.05) is 28.1 Å². The van der Waals surface area contributed by atoms with Gasteiger partial charge in [-0.15, -0.1) is 11.3 Å². The van der Waals surface area contributed by atoms with E-state index in [0.717, 1.165) is 19.4 Å². The maximum absolute atomic E-state index is 10.2. The van der Waals surface area contributed by atoms with E-state index in [2.05, 4.69) is 31.9 Å². The lowest BCUT2D eigenvalue weighted by molar-refractivity contribution is 0.181. The molecule has 2 rings (SSSR count). The summed E-state index contributed by atoms with van der Waals surface area (Å²) in [4.78, 5) is 2.21. The van der Waals surface area contributed by atoms with Gasteiger partial charge in [0.2, 0.25) is 0 Å². The molecule has 0 bridgehead atoms. The molecular weight excluding hydrogens is 364 g/mol. The molecule has 0 fully saturated rings. The van der Waals surface area contributed by atoms with Crippen LogP contribution in [-0.4, -0.2) is 5.11 Å². The first-order chi connectivity index (χ1) is 8.06. The average molecular weight is 376 g/mol. The van der Waals surface area contributed by atoms with Gasteiger partial charge < -0.3 is 5.11 Å². The Kier molecular flexibility index (Phi) is 4.42. The molecule has 0 aliphatic rings. The van der Waals surface area contributed by atoms with Gasteiger partial charge in [-0.2, -0.15) is 0 Å². The van der Waals surface area contributed by atoms with Gasteiger partial charge in [0.1, 0.15) is 0 Å². The van der Waals surface area contributed by atoms with Gasteiger partial charge in [0.25, 0.3) is 0 Å². The van der Waals surface area contributed by atoms with E-state index in [9.17, 15) is 5.11 Å². The Morgan fingerprint density at radius 3 is 2.41 bits per heavy atom. The van der Waals surface area contributed by atoms with Gasteiger partial charge >= 0.3 is 0 Å². The average Bonchev–Trinajstić information content (AvgIpc) is 2.61. The summed E-state index contributed by atoms with van der Waals surface area (Å²) >= 11 is 8.53. The predicted molar refractivity (Wildman–Crippen MR) is 79.6 cm³/mol. The highest BCUT2D eigenvalue weighted by Crippen LogP contribution is 2.33. The van der Waals surface area contributed by atoms with Crippen LogP contribution in [0.3, 0.4) is 0 Å². The molecule has 1 atom stereocenters. The van der Waals surface area contributed by atoms with E-state index < -0.39 is 6.10 Å². The highest BCUT2D eigenvalue weighted by atomic mass is 79.9. The third kappa shape index (κ3) is 3.41. The maximum Gasteiger partial charge on any atom is 0.0933 e. The second-order valence-electron chi connectivity index (χ2n) is 3.92. The Morgan fingerprint density at radius 1 is 1.24 bits per heavy atom. The fourth-order valence-corrected chi connectivity index (χ4v) is 3.83. The molecule has 1 heterocycles. The molecule has 0 aliphatic carbocycles. The quantitative estimate of drug-likeness (QED) is 0.812. The van der Waals surface area contributed by atoms with Crippen molar-refractivity contribution in [2.45, 2.75) is 19.4 Å². The number of halogens is 2. The highest BCUT2D eigenvalue weighted by Gasteiger charge is 2.14. The van der Waals surface area contributed by atoms with Crippen LogP contribution in [0.25, 0.3) is 0 Å². The Morgan fingerprint density at radius 2 is 1.88 bits per heavy atom. The third-order valence-corrected chi connectivity index (χ3v) is 5.08. The summed E-state index contributed by atoms with van der Waals surface area (Å²) in [5, 5.41) is 10.2. The molecule has 0 aliphatic heterocycles. The van der Waals surface area contributed by atoms with Crippen LogP contribution in [-0.2, 0) is 6.42 Å². The molecule has 4 heteroatoms. The molecular formula is C13H12Br2OS. The van der Waals surface area contributed by atoms with Crippen LogP contribution in [0.1, 0.15) is 21.4 Å². The predicted octanol–water partition coefficient (Wildman–Crippen LogP) is 4.86. The molecule has 0 saturated carbocycles. The summed E-state index contributed by atoms with van der Waals surface area (Å²) in [6.07, 6.45) is 0.204. The molecule has 1 aromatic carbocycles. The topological polar surface area (TPSA) is 20.2 Å². The van der Waals surface area contributed by atoms with Gasteiger partial charge in [-0.05, 0) is 46.6 Å². The Labute approximate surface area is 122 Å². The van der Waals surface area contributed by atoms with Crippen LogP contribution < -0.4 is 0 Å². The van der Waals surface area contributed by atoms with Crippen molar-refractivity contribution in [2.75, 3.05) is 0 Å². The number of hydrogen-bond donors (Lipinski definition) is 1. The molecule has 1 aromatic heterocycles. The molecule has 0 amide bonds. The SMILES string of the molecule is Cc1cc(Br)c(C(O)Cc2ccc(Br)cc2)s1. The smallest absolute Gasteiger partial charge is 0.0933 e. The summed E-state index contributed by atoms with van der Waals surface area (Å²) in [5.41, 5.74) is 1.14. The summed E-state index contributed by atoms with van der Waals surface area (Å²) < 4.78 is 2.06. The van der Waals surface area contributed by atoms with E-state index in [1.807, 2.05) is 37.3 Å². The van der Waals surface area contributed by atoms with Crippen molar-refractivity contribution in [2.24, 2.45) is 0 Å². The zero-order valence-electron chi connectivity index (χ0n) is 9.28. The van der Waals surface area contributed by atoms with Crippen molar-refractivity contribution in [3.63, 3.8) is 0 Å². The first kappa shape index (κ1) is 13.3. The molecule has 1 nitrogen and oxygen atoms in total. The number of hydrogen-bond acceptors (Lipinski definition) is 2. The fourth-order valence-electron chi connectivity index (χ4n) is 1.66. The van der Waals surface area contributed by atoms with Crippen molar-refractivity contribution in [1.82, 2.24) is 0 Å². The van der Waals surface area contributed by atoms with Crippen LogP contribution in [0.15, 0.2) is 39.3 Å². The minimum Gasteiger partial charge on any atom is -0.387 e. The van der Waals surface area contributed by atoms with Gasteiger partial charge in [-0.3, -0.25) is 0 Å². The van der Waals surface area contributed by atoms with Gasteiger partial charge in [0, 0.05) is 25.1 Å². The lowest BCUT2D eigenvalue weighted by Gasteiger charge is -2.09. The molecule has 0 saturated heterocycles. The number of rotatable bonds is 3. The van der Waals surface area contributed by atoms with Gasteiger partial charge in [0.05, 0.1) is 6.10 Å². The van der Waals surface area contributed by atoms with E-state index in [-0.39, 0.29) is 0 Å².